The second kappa shape index (κ2) is 10.9. The SMILES string of the molecule is CC(C)(Oc1cc(N2CCC3(CC2)C(=O)N(CC2CCC2)C(=O)N3CCC2=C=C=C(Cl)C=C2Cl)ncn1)C(=O)O. The lowest BCUT2D eigenvalue weighted by Gasteiger charge is -2.42. The van der Waals surface area contributed by atoms with Gasteiger partial charge in [0.25, 0.3) is 5.91 Å². The highest BCUT2D eigenvalue weighted by Gasteiger charge is 2.58. The number of aromatic nitrogens is 2. The van der Waals surface area contributed by atoms with E-state index in [0.29, 0.717) is 72.8 Å². The van der Waals surface area contributed by atoms with E-state index >= 15 is 0 Å². The van der Waals surface area contributed by atoms with E-state index in [9.17, 15) is 19.5 Å². The van der Waals surface area contributed by atoms with Gasteiger partial charge in [-0.15, -0.1) is 0 Å². The van der Waals surface area contributed by atoms with E-state index in [1.165, 1.54) is 25.1 Å². The smallest absolute Gasteiger partial charge is 0.347 e. The molecular weight excluding hydrogens is 557 g/mol. The van der Waals surface area contributed by atoms with Crippen molar-refractivity contribution in [3.63, 3.8) is 0 Å². The first kappa shape index (κ1) is 28.2. The van der Waals surface area contributed by atoms with Gasteiger partial charge in [-0.25, -0.2) is 19.6 Å². The number of aliphatic carboxylic acids is 1. The fourth-order valence-corrected chi connectivity index (χ4v) is 5.94. The van der Waals surface area contributed by atoms with Crippen LogP contribution in [0.4, 0.5) is 10.6 Å². The molecule has 0 unspecified atom stereocenters. The van der Waals surface area contributed by atoms with Crippen molar-refractivity contribution in [2.24, 2.45) is 5.92 Å². The molecule has 4 aliphatic rings. The van der Waals surface area contributed by atoms with Crippen molar-refractivity contribution >= 4 is 46.9 Å². The Morgan fingerprint density at radius 2 is 1.93 bits per heavy atom. The molecule has 12 heteroatoms. The maximum Gasteiger partial charge on any atom is 0.347 e. The predicted molar refractivity (Wildman–Crippen MR) is 148 cm³/mol. The first-order valence-electron chi connectivity index (χ1n) is 13.4. The Morgan fingerprint density at radius 3 is 2.55 bits per heavy atom. The number of hydrogen-bond donors (Lipinski definition) is 1. The van der Waals surface area contributed by atoms with E-state index in [-0.39, 0.29) is 17.8 Å². The average Bonchev–Trinajstić information content (AvgIpc) is 3.06. The zero-order valence-corrected chi connectivity index (χ0v) is 24.0. The zero-order chi connectivity index (χ0) is 28.7. The number of imide groups is 1. The third kappa shape index (κ3) is 5.37. The predicted octanol–water partition coefficient (Wildman–Crippen LogP) is 4.45. The molecule has 2 saturated heterocycles. The summed E-state index contributed by atoms with van der Waals surface area (Å²) in [5, 5.41) is 10.2. The molecule has 2 aliphatic heterocycles. The van der Waals surface area contributed by atoms with Crippen LogP contribution in [-0.4, -0.2) is 80.1 Å². The van der Waals surface area contributed by atoms with Crippen LogP contribution in [0, 0.1) is 5.92 Å². The summed E-state index contributed by atoms with van der Waals surface area (Å²) in [6.07, 6.45) is 7.36. The molecule has 1 saturated carbocycles. The van der Waals surface area contributed by atoms with E-state index < -0.39 is 17.1 Å². The number of nitrogens with zero attached hydrogens (tertiary/aromatic N) is 5. The van der Waals surface area contributed by atoms with E-state index in [1.807, 2.05) is 4.90 Å². The number of carbonyl (C=O) groups excluding carboxylic acids is 2. The molecule has 10 nitrogen and oxygen atoms in total. The number of carboxylic acids is 1. The fourth-order valence-electron chi connectivity index (χ4n) is 5.47. The van der Waals surface area contributed by atoms with Gasteiger partial charge in [0.05, 0.1) is 10.1 Å². The number of ether oxygens (including phenoxy) is 1. The van der Waals surface area contributed by atoms with Crippen LogP contribution in [0.15, 0.2) is 45.6 Å². The van der Waals surface area contributed by atoms with Gasteiger partial charge in [-0.05, 0) is 63.7 Å². The minimum atomic E-state index is -1.46. The Balaban J connectivity index is 1.35. The summed E-state index contributed by atoms with van der Waals surface area (Å²) in [6, 6.07) is 1.34. The number of rotatable bonds is 9. The lowest BCUT2D eigenvalue weighted by atomic mass is 9.83. The summed E-state index contributed by atoms with van der Waals surface area (Å²) >= 11 is 12.3. The third-order valence-electron chi connectivity index (χ3n) is 8.16. The molecular formula is C28H31Cl2N5O5. The normalized spacial score (nSPS) is 20.9. The van der Waals surface area contributed by atoms with Gasteiger partial charge in [0.1, 0.15) is 17.7 Å². The molecule has 3 heterocycles. The van der Waals surface area contributed by atoms with Gasteiger partial charge < -0.3 is 19.6 Å². The Kier molecular flexibility index (Phi) is 7.73. The first-order valence-corrected chi connectivity index (χ1v) is 14.2. The number of hydrogen-bond acceptors (Lipinski definition) is 7. The van der Waals surface area contributed by atoms with Crippen molar-refractivity contribution in [1.82, 2.24) is 19.8 Å². The summed E-state index contributed by atoms with van der Waals surface area (Å²) in [4.78, 5) is 52.6. The van der Waals surface area contributed by atoms with Crippen molar-refractivity contribution in [2.45, 2.75) is 63.5 Å². The molecule has 0 bridgehead atoms. The molecule has 2 aliphatic carbocycles. The van der Waals surface area contributed by atoms with E-state index in [4.69, 9.17) is 27.9 Å². The van der Waals surface area contributed by atoms with Crippen LogP contribution in [0.5, 0.6) is 5.88 Å². The van der Waals surface area contributed by atoms with Crippen LogP contribution in [0.25, 0.3) is 0 Å². The molecule has 40 heavy (non-hydrogen) atoms. The molecule has 3 amide bonds. The van der Waals surface area contributed by atoms with Gasteiger partial charge in [0, 0.05) is 37.8 Å². The zero-order valence-electron chi connectivity index (χ0n) is 22.5. The van der Waals surface area contributed by atoms with Crippen molar-refractivity contribution < 1.29 is 24.2 Å². The van der Waals surface area contributed by atoms with Crippen molar-refractivity contribution in [2.75, 3.05) is 31.1 Å². The van der Waals surface area contributed by atoms with Crippen LogP contribution in [0.1, 0.15) is 52.4 Å². The van der Waals surface area contributed by atoms with Crippen LogP contribution in [0.3, 0.4) is 0 Å². The van der Waals surface area contributed by atoms with Crippen molar-refractivity contribution in [1.29, 1.82) is 0 Å². The monoisotopic (exact) mass is 587 g/mol. The van der Waals surface area contributed by atoms with Gasteiger partial charge in [-0.3, -0.25) is 9.69 Å². The summed E-state index contributed by atoms with van der Waals surface area (Å²) < 4.78 is 5.58. The summed E-state index contributed by atoms with van der Waals surface area (Å²) in [5.74, 6) is -0.191. The lowest BCUT2D eigenvalue weighted by Crippen LogP contribution is -2.57. The topological polar surface area (TPSA) is 116 Å². The molecule has 5 rings (SSSR count). The quantitative estimate of drug-likeness (QED) is 0.332. The van der Waals surface area contributed by atoms with Gasteiger partial charge in [0.15, 0.2) is 0 Å². The highest BCUT2D eigenvalue weighted by atomic mass is 35.5. The number of allylic oxidation sites excluding steroid dienone is 3. The molecule has 1 aromatic rings. The summed E-state index contributed by atoms with van der Waals surface area (Å²) in [6.45, 7) is 4.59. The van der Waals surface area contributed by atoms with Gasteiger partial charge >= 0.3 is 12.0 Å². The largest absolute Gasteiger partial charge is 0.478 e. The molecule has 0 atom stereocenters. The lowest BCUT2D eigenvalue weighted by molar-refractivity contribution is -0.152. The Bertz CT molecular complexity index is 1370. The van der Waals surface area contributed by atoms with Crippen LogP contribution < -0.4 is 9.64 Å². The molecule has 3 fully saturated rings. The van der Waals surface area contributed by atoms with E-state index in [2.05, 4.69) is 21.4 Å². The summed E-state index contributed by atoms with van der Waals surface area (Å²) in [7, 11) is 0. The number of halogens is 2. The molecule has 0 aromatic carbocycles. The Labute approximate surface area is 242 Å². The van der Waals surface area contributed by atoms with Gasteiger partial charge in [-0.2, -0.15) is 0 Å². The minimum absolute atomic E-state index is 0.142. The van der Waals surface area contributed by atoms with Crippen LogP contribution >= 0.6 is 23.2 Å². The van der Waals surface area contributed by atoms with Gasteiger partial charge in [0.2, 0.25) is 11.5 Å². The number of carboxylic acid groups (broad SMARTS) is 1. The number of anilines is 1. The molecule has 0 radical (unpaired) electrons. The minimum Gasteiger partial charge on any atom is -0.478 e. The maximum absolute atomic E-state index is 13.9. The number of urea groups is 1. The number of carbonyl (C=O) groups is 3. The second-order valence-corrected chi connectivity index (χ2v) is 11.9. The number of piperidine rings is 1. The molecule has 1 aromatic heterocycles. The summed E-state index contributed by atoms with van der Waals surface area (Å²) in [5.41, 5.74) is 4.06. The highest BCUT2D eigenvalue weighted by molar-refractivity contribution is 6.36. The van der Waals surface area contributed by atoms with E-state index in [1.54, 1.807) is 17.0 Å². The fraction of sp³-hybridized carbons (Fsp3) is 0.536. The number of amides is 3. The van der Waals surface area contributed by atoms with E-state index in [0.717, 1.165) is 19.3 Å². The van der Waals surface area contributed by atoms with Crippen LogP contribution in [0.2, 0.25) is 0 Å². The third-order valence-corrected chi connectivity index (χ3v) is 8.70. The van der Waals surface area contributed by atoms with Crippen LogP contribution in [-0.2, 0) is 9.59 Å². The molecule has 1 spiro atoms. The molecule has 1 N–H and O–H groups in total. The standard InChI is InChI=1S/C28H31Cl2N5O5/c1-27(2,25(37)38)40-23-15-22(31-17-32-23)33-12-9-28(10-13-33)24(36)34(16-18-4-3-5-18)26(39)35(28)11-8-19-6-7-20(29)14-21(19)30/h14-15,17-18H,3-5,8-13,16H2,1-2H3,(H,37,38). The maximum atomic E-state index is 13.9. The Morgan fingerprint density at radius 1 is 1.20 bits per heavy atom. The second-order valence-electron chi connectivity index (χ2n) is 11.1. The molecule has 212 valence electrons. The first-order chi connectivity index (χ1) is 19.0. The van der Waals surface area contributed by atoms with Crippen molar-refractivity contribution in [3.8, 4) is 5.88 Å². The Hall–Kier alpha value is -3.29. The highest BCUT2D eigenvalue weighted by Crippen LogP contribution is 2.41. The average molecular weight is 588 g/mol. The van der Waals surface area contributed by atoms with Gasteiger partial charge in [-0.1, -0.05) is 35.4 Å². The van der Waals surface area contributed by atoms with Crippen molar-refractivity contribution in [3.05, 3.63) is 45.6 Å².